The Morgan fingerprint density at radius 3 is 3.18 bits per heavy atom. The van der Waals surface area contributed by atoms with E-state index in [9.17, 15) is 4.79 Å². The molecule has 11 heavy (non-hydrogen) atoms. The Labute approximate surface area is 63.8 Å². The van der Waals surface area contributed by atoms with Crippen LogP contribution in [0.2, 0.25) is 0 Å². The molecule has 1 aliphatic rings. The van der Waals surface area contributed by atoms with Crippen LogP contribution in [0.3, 0.4) is 0 Å². The van der Waals surface area contributed by atoms with Gasteiger partial charge in [-0.25, -0.2) is 4.98 Å². The molecule has 0 radical (unpaired) electrons. The van der Waals surface area contributed by atoms with E-state index in [2.05, 4.69) is 4.98 Å². The summed E-state index contributed by atoms with van der Waals surface area (Å²) in [5.74, 6) is -0.122. The van der Waals surface area contributed by atoms with Crippen molar-refractivity contribution in [1.29, 1.82) is 0 Å². The smallest absolute Gasteiger partial charge is 0.308 e. The van der Waals surface area contributed by atoms with Crippen molar-refractivity contribution in [2.45, 2.75) is 12.5 Å². The standard InChI is InChI=1S/C7H8N2O2/c10-7-3-6(4-11-7)9-2-1-8-5-9/h1-2,5-6H,3-4H2. The van der Waals surface area contributed by atoms with Crippen molar-refractivity contribution in [2.75, 3.05) is 6.61 Å². The van der Waals surface area contributed by atoms with Gasteiger partial charge in [0.2, 0.25) is 0 Å². The summed E-state index contributed by atoms with van der Waals surface area (Å²) in [5, 5.41) is 0. The lowest BCUT2D eigenvalue weighted by Crippen LogP contribution is -2.05. The second-order valence-electron chi connectivity index (χ2n) is 2.55. The van der Waals surface area contributed by atoms with Crippen molar-refractivity contribution in [3.05, 3.63) is 18.7 Å². The van der Waals surface area contributed by atoms with E-state index in [0.717, 1.165) is 0 Å². The number of nitrogens with zero attached hydrogens (tertiary/aromatic N) is 2. The van der Waals surface area contributed by atoms with Crippen LogP contribution in [0.4, 0.5) is 0 Å². The summed E-state index contributed by atoms with van der Waals surface area (Å²) in [4.78, 5) is 14.6. The molecule has 2 heterocycles. The molecule has 4 nitrogen and oxygen atoms in total. The second-order valence-corrected chi connectivity index (χ2v) is 2.55. The number of hydrogen-bond donors (Lipinski definition) is 0. The van der Waals surface area contributed by atoms with Gasteiger partial charge in [-0.1, -0.05) is 0 Å². The summed E-state index contributed by atoms with van der Waals surface area (Å²) in [6, 6.07) is 0.157. The number of ether oxygens (including phenoxy) is 1. The highest BCUT2D eigenvalue weighted by molar-refractivity contribution is 5.71. The molecule has 1 fully saturated rings. The third-order valence-electron chi connectivity index (χ3n) is 1.79. The third-order valence-corrected chi connectivity index (χ3v) is 1.79. The van der Waals surface area contributed by atoms with Crippen LogP contribution in [0, 0.1) is 0 Å². The highest BCUT2D eigenvalue weighted by atomic mass is 16.5. The molecule has 0 N–H and O–H groups in total. The number of carbonyl (C=O) groups excluding carboxylic acids is 1. The topological polar surface area (TPSA) is 44.1 Å². The molecule has 1 aliphatic heterocycles. The SMILES string of the molecule is O=C1CC(n2ccnc2)CO1. The van der Waals surface area contributed by atoms with Gasteiger partial charge in [-0.15, -0.1) is 0 Å². The molecule has 1 aromatic rings. The van der Waals surface area contributed by atoms with Crippen LogP contribution in [-0.2, 0) is 9.53 Å². The second kappa shape index (κ2) is 2.38. The van der Waals surface area contributed by atoms with Gasteiger partial charge < -0.3 is 9.30 Å². The van der Waals surface area contributed by atoms with Crippen LogP contribution < -0.4 is 0 Å². The van der Waals surface area contributed by atoms with Crippen LogP contribution in [0.25, 0.3) is 0 Å². The molecule has 0 saturated carbocycles. The van der Waals surface area contributed by atoms with Gasteiger partial charge in [-0.3, -0.25) is 4.79 Å². The Kier molecular flexibility index (Phi) is 1.38. The fourth-order valence-electron chi connectivity index (χ4n) is 1.18. The molecular weight excluding hydrogens is 144 g/mol. The monoisotopic (exact) mass is 152 g/mol. The number of carbonyl (C=O) groups is 1. The third kappa shape index (κ3) is 1.11. The van der Waals surface area contributed by atoms with Gasteiger partial charge in [0.05, 0.1) is 18.8 Å². The Morgan fingerprint density at radius 1 is 1.73 bits per heavy atom. The number of hydrogen-bond acceptors (Lipinski definition) is 3. The minimum absolute atomic E-state index is 0.122. The van der Waals surface area contributed by atoms with Gasteiger partial charge in [0.15, 0.2) is 0 Å². The number of rotatable bonds is 1. The zero-order valence-corrected chi connectivity index (χ0v) is 5.93. The highest BCUT2D eigenvalue weighted by Gasteiger charge is 2.24. The number of esters is 1. The van der Waals surface area contributed by atoms with Crippen molar-refractivity contribution in [3.8, 4) is 0 Å². The quantitative estimate of drug-likeness (QED) is 0.546. The lowest BCUT2D eigenvalue weighted by Gasteiger charge is -2.05. The molecule has 1 aromatic heterocycles. The minimum Gasteiger partial charge on any atom is -0.463 e. The largest absolute Gasteiger partial charge is 0.463 e. The molecule has 0 aromatic carbocycles. The lowest BCUT2D eigenvalue weighted by molar-refractivity contribution is -0.137. The Bertz CT molecular complexity index is 255. The summed E-state index contributed by atoms with van der Waals surface area (Å²) in [7, 11) is 0. The molecule has 0 spiro atoms. The first kappa shape index (κ1) is 6.39. The number of aromatic nitrogens is 2. The molecule has 1 atom stereocenters. The summed E-state index contributed by atoms with van der Waals surface area (Å²) in [6.45, 7) is 0.481. The van der Waals surface area contributed by atoms with Crippen molar-refractivity contribution >= 4 is 5.97 Å². The highest BCUT2D eigenvalue weighted by Crippen LogP contribution is 2.18. The molecule has 0 aliphatic carbocycles. The van der Waals surface area contributed by atoms with Crippen molar-refractivity contribution in [2.24, 2.45) is 0 Å². The minimum atomic E-state index is -0.122. The lowest BCUT2D eigenvalue weighted by atomic mass is 10.2. The zero-order chi connectivity index (χ0) is 7.68. The van der Waals surface area contributed by atoms with Crippen LogP contribution in [-0.4, -0.2) is 22.1 Å². The first-order chi connectivity index (χ1) is 5.36. The molecular formula is C7H8N2O2. The maximum absolute atomic E-state index is 10.7. The van der Waals surface area contributed by atoms with Gasteiger partial charge >= 0.3 is 5.97 Å². The van der Waals surface area contributed by atoms with E-state index >= 15 is 0 Å². The fraction of sp³-hybridized carbons (Fsp3) is 0.429. The van der Waals surface area contributed by atoms with Crippen molar-refractivity contribution in [3.63, 3.8) is 0 Å². The maximum Gasteiger partial charge on any atom is 0.308 e. The van der Waals surface area contributed by atoms with Crippen molar-refractivity contribution in [1.82, 2.24) is 9.55 Å². The van der Waals surface area contributed by atoms with Gasteiger partial charge in [-0.2, -0.15) is 0 Å². The normalized spacial score (nSPS) is 23.6. The summed E-state index contributed by atoms with van der Waals surface area (Å²) >= 11 is 0. The average Bonchev–Trinajstić information content (AvgIpc) is 2.55. The molecule has 0 bridgehead atoms. The van der Waals surface area contributed by atoms with E-state index in [0.29, 0.717) is 13.0 Å². The maximum atomic E-state index is 10.7. The van der Waals surface area contributed by atoms with E-state index in [1.807, 2.05) is 10.8 Å². The number of imidazole rings is 1. The van der Waals surface area contributed by atoms with Crippen LogP contribution in [0.5, 0.6) is 0 Å². The van der Waals surface area contributed by atoms with Crippen molar-refractivity contribution < 1.29 is 9.53 Å². The predicted molar refractivity (Wildman–Crippen MR) is 36.8 cm³/mol. The first-order valence-corrected chi connectivity index (χ1v) is 3.49. The molecule has 4 heteroatoms. The zero-order valence-electron chi connectivity index (χ0n) is 5.93. The molecule has 2 rings (SSSR count). The fourth-order valence-corrected chi connectivity index (χ4v) is 1.18. The van der Waals surface area contributed by atoms with Crippen LogP contribution >= 0.6 is 0 Å². The molecule has 0 amide bonds. The van der Waals surface area contributed by atoms with Crippen LogP contribution in [0.15, 0.2) is 18.7 Å². The van der Waals surface area contributed by atoms with Crippen LogP contribution in [0.1, 0.15) is 12.5 Å². The Hall–Kier alpha value is -1.32. The van der Waals surface area contributed by atoms with Gasteiger partial charge in [0, 0.05) is 12.4 Å². The van der Waals surface area contributed by atoms with Gasteiger partial charge in [0.25, 0.3) is 0 Å². The number of cyclic esters (lactones) is 1. The van der Waals surface area contributed by atoms with E-state index in [4.69, 9.17) is 4.74 Å². The Morgan fingerprint density at radius 2 is 2.64 bits per heavy atom. The summed E-state index contributed by atoms with van der Waals surface area (Å²) in [6.07, 6.45) is 5.71. The summed E-state index contributed by atoms with van der Waals surface area (Å²) in [5.41, 5.74) is 0. The Balaban J connectivity index is 2.13. The molecule has 58 valence electrons. The van der Waals surface area contributed by atoms with Gasteiger partial charge in [-0.05, 0) is 0 Å². The van der Waals surface area contributed by atoms with E-state index in [-0.39, 0.29) is 12.0 Å². The summed E-state index contributed by atoms with van der Waals surface area (Å²) < 4.78 is 6.70. The molecule has 1 unspecified atom stereocenters. The average molecular weight is 152 g/mol. The van der Waals surface area contributed by atoms with E-state index in [1.165, 1.54) is 0 Å². The predicted octanol–water partition coefficient (Wildman–Crippen LogP) is 0.371. The van der Waals surface area contributed by atoms with E-state index in [1.54, 1.807) is 12.5 Å². The first-order valence-electron chi connectivity index (χ1n) is 3.49. The van der Waals surface area contributed by atoms with E-state index < -0.39 is 0 Å². The molecule has 1 saturated heterocycles. The van der Waals surface area contributed by atoms with Gasteiger partial charge in [0.1, 0.15) is 6.61 Å².